The molecule has 0 saturated carbocycles. The molecule has 1 aromatic heterocycles. The van der Waals surface area contributed by atoms with Crippen molar-refractivity contribution in [2.75, 3.05) is 50.0 Å². The average Bonchev–Trinajstić information content (AvgIpc) is 2.66. The Hall–Kier alpha value is -1.27. The van der Waals surface area contributed by atoms with Crippen LogP contribution in [0.2, 0.25) is 0 Å². The lowest BCUT2D eigenvalue weighted by Gasteiger charge is -2.32. The fourth-order valence-corrected chi connectivity index (χ4v) is 2.38. The van der Waals surface area contributed by atoms with Gasteiger partial charge in [-0.2, -0.15) is 5.10 Å². The normalized spacial score (nSPS) is 21.5. The summed E-state index contributed by atoms with van der Waals surface area (Å²) in [6.07, 6.45) is 1.76. The van der Waals surface area contributed by atoms with Crippen LogP contribution in [0.3, 0.4) is 0 Å². The summed E-state index contributed by atoms with van der Waals surface area (Å²) in [6, 6.07) is 0. The summed E-state index contributed by atoms with van der Waals surface area (Å²) in [5.41, 5.74) is 6.82. The molecular weight excluding hydrogens is 218 g/mol. The van der Waals surface area contributed by atoms with Gasteiger partial charge in [-0.05, 0) is 0 Å². The van der Waals surface area contributed by atoms with Crippen molar-refractivity contribution < 1.29 is 4.74 Å². The van der Waals surface area contributed by atoms with Crippen molar-refractivity contribution in [2.24, 2.45) is 5.92 Å². The molecule has 3 N–H and O–H groups in total. The molecule has 2 aliphatic heterocycles. The summed E-state index contributed by atoms with van der Waals surface area (Å²) in [4.78, 5) is 2.32. The summed E-state index contributed by atoms with van der Waals surface area (Å²) in [5.74, 6) is 1.68. The van der Waals surface area contributed by atoms with E-state index in [-0.39, 0.29) is 0 Å². The maximum atomic E-state index is 6.03. The predicted octanol–water partition coefficient (Wildman–Crippen LogP) is -0.479. The van der Waals surface area contributed by atoms with Crippen LogP contribution in [-0.4, -0.2) is 49.2 Å². The SMILES string of the molecule is Nc1cnn(CC2COC2)c1N1CCNCC1. The molecule has 0 aliphatic carbocycles. The number of nitrogen functional groups attached to an aromatic ring is 1. The zero-order chi connectivity index (χ0) is 11.7. The third-order valence-corrected chi connectivity index (χ3v) is 3.39. The number of ether oxygens (including phenoxy) is 1. The van der Waals surface area contributed by atoms with E-state index in [1.807, 2.05) is 4.68 Å². The number of piperazine rings is 1. The lowest BCUT2D eigenvalue weighted by Crippen LogP contribution is -2.45. The molecule has 2 fully saturated rings. The molecule has 0 atom stereocenters. The Bertz CT molecular complexity index is 381. The first-order valence-electron chi connectivity index (χ1n) is 6.19. The van der Waals surface area contributed by atoms with Crippen molar-refractivity contribution in [3.63, 3.8) is 0 Å². The van der Waals surface area contributed by atoms with Crippen LogP contribution in [0, 0.1) is 5.92 Å². The second-order valence-electron chi connectivity index (χ2n) is 4.75. The first kappa shape index (κ1) is 10.9. The van der Waals surface area contributed by atoms with Crippen molar-refractivity contribution in [3.05, 3.63) is 6.20 Å². The fourth-order valence-electron chi connectivity index (χ4n) is 2.38. The highest BCUT2D eigenvalue weighted by Gasteiger charge is 2.24. The molecule has 1 aromatic rings. The Morgan fingerprint density at radius 2 is 2.18 bits per heavy atom. The monoisotopic (exact) mass is 237 g/mol. The molecule has 0 radical (unpaired) electrons. The summed E-state index contributed by atoms with van der Waals surface area (Å²) in [7, 11) is 0. The minimum absolute atomic E-state index is 0.593. The van der Waals surface area contributed by atoms with Gasteiger partial charge in [0.15, 0.2) is 0 Å². The van der Waals surface area contributed by atoms with E-state index >= 15 is 0 Å². The molecule has 94 valence electrons. The molecule has 6 nitrogen and oxygen atoms in total. The Kier molecular flexibility index (Phi) is 2.90. The first-order valence-corrected chi connectivity index (χ1v) is 6.19. The van der Waals surface area contributed by atoms with Gasteiger partial charge < -0.3 is 20.7 Å². The van der Waals surface area contributed by atoms with Crippen LogP contribution >= 0.6 is 0 Å². The Morgan fingerprint density at radius 1 is 1.41 bits per heavy atom. The van der Waals surface area contributed by atoms with Gasteiger partial charge in [0.2, 0.25) is 0 Å². The van der Waals surface area contributed by atoms with Gasteiger partial charge in [0.1, 0.15) is 5.82 Å². The number of aromatic nitrogens is 2. The van der Waals surface area contributed by atoms with Crippen molar-refractivity contribution in [1.82, 2.24) is 15.1 Å². The number of hydrogen-bond donors (Lipinski definition) is 2. The van der Waals surface area contributed by atoms with Crippen molar-refractivity contribution in [3.8, 4) is 0 Å². The van der Waals surface area contributed by atoms with Crippen LogP contribution in [0.1, 0.15) is 0 Å². The predicted molar refractivity (Wildman–Crippen MR) is 66.0 cm³/mol. The van der Waals surface area contributed by atoms with Crippen molar-refractivity contribution in [1.29, 1.82) is 0 Å². The van der Waals surface area contributed by atoms with E-state index in [0.29, 0.717) is 5.92 Å². The topological polar surface area (TPSA) is 68.3 Å². The van der Waals surface area contributed by atoms with Gasteiger partial charge >= 0.3 is 0 Å². The number of rotatable bonds is 3. The van der Waals surface area contributed by atoms with Crippen LogP contribution in [0.5, 0.6) is 0 Å². The van der Waals surface area contributed by atoms with E-state index in [2.05, 4.69) is 15.3 Å². The molecule has 0 aromatic carbocycles. The van der Waals surface area contributed by atoms with Crippen molar-refractivity contribution >= 4 is 11.5 Å². The van der Waals surface area contributed by atoms with Crippen LogP contribution in [-0.2, 0) is 11.3 Å². The quantitative estimate of drug-likeness (QED) is 0.743. The molecule has 0 unspecified atom stereocenters. The minimum atomic E-state index is 0.593. The van der Waals surface area contributed by atoms with Gasteiger partial charge in [0.05, 0.1) is 31.6 Å². The van der Waals surface area contributed by atoms with Gasteiger partial charge in [-0.25, -0.2) is 4.68 Å². The molecule has 17 heavy (non-hydrogen) atoms. The summed E-state index contributed by atoms with van der Waals surface area (Å²) in [6.45, 7) is 6.63. The first-order chi connectivity index (χ1) is 8.34. The third kappa shape index (κ3) is 2.10. The van der Waals surface area contributed by atoms with Gasteiger partial charge in [-0.3, -0.25) is 0 Å². The molecule has 3 rings (SSSR count). The molecule has 2 saturated heterocycles. The van der Waals surface area contributed by atoms with Gasteiger partial charge in [-0.1, -0.05) is 0 Å². The zero-order valence-electron chi connectivity index (χ0n) is 9.93. The van der Waals surface area contributed by atoms with Crippen LogP contribution in [0.15, 0.2) is 6.20 Å². The van der Waals surface area contributed by atoms with Gasteiger partial charge in [-0.15, -0.1) is 0 Å². The molecule has 6 heteroatoms. The van der Waals surface area contributed by atoms with E-state index in [1.54, 1.807) is 6.20 Å². The Labute approximate surface area is 101 Å². The third-order valence-electron chi connectivity index (χ3n) is 3.39. The van der Waals surface area contributed by atoms with E-state index in [9.17, 15) is 0 Å². The van der Waals surface area contributed by atoms with Crippen LogP contribution in [0.4, 0.5) is 11.5 Å². The standard InChI is InChI=1S/C11H19N5O/c12-10-5-14-16(6-9-7-17-8-9)11(10)15-3-1-13-2-4-15/h5,9,13H,1-4,6-8,12H2. The number of nitrogens with two attached hydrogens (primary N) is 1. The fraction of sp³-hybridized carbons (Fsp3) is 0.727. The van der Waals surface area contributed by atoms with Crippen LogP contribution < -0.4 is 16.0 Å². The van der Waals surface area contributed by atoms with E-state index in [4.69, 9.17) is 10.5 Å². The number of anilines is 2. The van der Waals surface area contributed by atoms with E-state index in [1.165, 1.54) is 0 Å². The van der Waals surface area contributed by atoms with Crippen molar-refractivity contribution in [2.45, 2.75) is 6.54 Å². The van der Waals surface area contributed by atoms with Gasteiger partial charge in [0.25, 0.3) is 0 Å². The molecule has 3 heterocycles. The minimum Gasteiger partial charge on any atom is -0.394 e. The van der Waals surface area contributed by atoms with E-state index in [0.717, 1.165) is 57.4 Å². The highest BCUT2D eigenvalue weighted by Crippen LogP contribution is 2.25. The second-order valence-corrected chi connectivity index (χ2v) is 4.75. The number of hydrogen-bond acceptors (Lipinski definition) is 5. The lowest BCUT2D eigenvalue weighted by molar-refractivity contribution is -0.0406. The summed E-state index contributed by atoms with van der Waals surface area (Å²) in [5, 5.41) is 7.73. The molecular formula is C11H19N5O. The Morgan fingerprint density at radius 3 is 2.82 bits per heavy atom. The second kappa shape index (κ2) is 4.54. The Balaban J connectivity index is 1.77. The molecule has 0 bridgehead atoms. The largest absolute Gasteiger partial charge is 0.394 e. The lowest BCUT2D eigenvalue weighted by atomic mass is 10.1. The molecule has 2 aliphatic rings. The molecule has 0 spiro atoms. The highest BCUT2D eigenvalue weighted by atomic mass is 16.5. The summed E-state index contributed by atoms with van der Waals surface area (Å²) < 4.78 is 7.24. The van der Waals surface area contributed by atoms with E-state index < -0.39 is 0 Å². The highest BCUT2D eigenvalue weighted by molar-refractivity contribution is 5.62. The van der Waals surface area contributed by atoms with Crippen LogP contribution in [0.25, 0.3) is 0 Å². The number of nitrogens with zero attached hydrogens (tertiary/aromatic N) is 3. The van der Waals surface area contributed by atoms with Gasteiger partial charge in [0, 0.05) is 32.1 Å². The maximum Gasteiger partial charge on any atom is 0.150 e. The average molecular weight is 237 g/mol. The maximum absolute atomic E-state index is 6.03. The zero-order valence-corrected chi connectivity index (χ0v) is 9.93. The summed E-state index contributed by atoms with van der Waals surface area (Å²) >= 11 is 0. The smallest absolute Gasteiger partial charge is 0.150 e. The number of nitrogens with one attached hydrogen (secondary N) is 1. The molecule has 0 amide bonds.